The number of fused-ring (bicyclic) bond motifs is 1. The van der Waals surface area contributed by atoms with Gasteiger partial charge in [-0.1, -0.05) is 18.2 Å². The highest BCUT2D eigenvalue weighted by Crippen LogP contribution is 2.23. The second-order valence-corrected chi connectivity index (χ2v) is 4.35. The van der Waals surface area contributed by atoms with Gasteiger partial charge in [-0.05, 0) is 24.1 Å². The summed E-state index contributed by atoms with van der Waals surface area (Å²) < 4.78 is 10.6. The Morgan fingerprint density at radius 1 is 1.26 bits per heavy atom. The molecule has 0 saturated carbocycles. The maximum absolute atomic E-state index is 5.63. The lowest BCUT2D eigenvalue weighted by Crippen LogP contribution is -2.23. The van der Waals surface area contributed by atoms with Crippen LogP contribution in [0.15, 0.2) is 36.7 Å². The normalized spacial score (nSPS) is 12.7. The molecule has 4 nitrogen and oxygen atoms in total. The molecular weight excluding hydrogens is 240 g/mol. The Balaban J connectivity index is 2.16. The number of hydrogen-bond donors (Lipinski definition) is 1. The summed E-state index contributed by atoms with van der Waals surface area (Å²) in [5.74, 6) is 0. The number of ether oxygens (including phenoxy) is 2. The summed E-state index contributed by atoms with van der Waals surface area (Å²) >= 11 is 0. The lowest BCUT2D eigenvalue weighted by atomic mass is 10.0. The number of hydrogen-bond acceptors (Lipinski definition) is 4. The first-order chi connectivity index (χ1) is 9.36. The SMILES string of the molecule is CNC(COCCOC)c1cccc2cnccc12. The molecule has 2 rings (SSSR count). The van der Waals surface area contributed by atoms with Gasteiger partial charge in [0, 0.05) is 24.9 Å². The van der Waals surface area contributed by atoms with Crippen molar-refractivity contribution in [2.24, 2.45) is 0 Å². The van der Waals surface area contributed by atoms with Crippen LogP contribution in [0.25, 0.3) is 10.8 Å². The van der Waals surface area contributed by atoms with E-state index >= 15 is 0 Å². The molecule has 0 fully saturated rings. The molecule has 19 heavy (non-hydrogen) atoms. The van der Waals surface area contributed by atoms with Gasteiger partial charge in [-0.15, -0.1) is 0 Å². The number of methoxy groups -OCH3 is 1. The largest absolute Gasteiger partial charge is 0.382 e. The van der Waals surface area contributed by atoms with Gasteiger partial charge in [0.25, 0.3) is 0 Å². The van der Waals surface area contributed by atoms with Gasteiger partial charge in [0.05, 0.1) is 25.9 Å². The van der Waals surface area contributed by atoms with Gasteiger partial charge in [-0.3, -0.25) is 4.98 Å². The van der Waals surface area contributed by atoms with Gasteiger partial charge in [0.15, 0.2) is 0 Å². The zero-order valence-electron chi connectivity index (χ0n) is 11.4. The van der Waals surface area contributed by atoms with Crippen molar-refractivity contribution in [2.75, 3.05) is 34.0 Å². The number of benzene rings is 1. The van der Waals surface area contributed by atoms with E-state index in [1.165, 1.54) is 10.9 Å². The Hall–Kier alpha value is -1.49. The van der Waals surface area contributed by atoms with Crippen molar-refractivity contribution < 1.29 is 9.47 Å². The number of nitrogens with zero attached hydrogens (tertiary/aromatic N) is 1. The smallest absolute Gasteiger partial charge is 0.0701 e. The minimum absolute atomic E-state index is 0.169. The van der Waals surface area contributed by atoms with E-state index in [9.17, 15) is 0 Å². The van der Waals surface area contributed by atoms with Gasteiger partial charge in [-0.25, -0.2) is 0 Å². The first-order valence-corrected chi connectivity index (χ1v) is 6.43. The van der Waals surface area contributed by atoms with Crippen LogP contribution in [0.3, 0.4) is 0 Å². The number of likely N-dealkylation sites (N-methyl/N-ethyl adjacent to an activating group) is 1. The van der Waals surface area contributed by atoms with E-state index in [-0.39, 0.29) is 6.04 Å². The summed E-state index contributed by atoms with van der Waals surface area (Å²) in [6, 6.07) is 8.47. The zero-order chi connectivity index (χ0) is 13.5. The van der Waals surface area contributed by atoms with Gasteiger partial charge in [-0.2, -0.15) is 0 Å². The van der Waals surface area contributed by atoms with Crippen LogP contribution >= 0.6 is 0 Å². The average molecular weight is 260 g/mol. The predicted molar refractivity (Wildman–Crippen MR) is 76.2 cm³/mol. The standard InChI is InChI=1S/C15H20N2O2/c1-16-15(11-19-9-8-18-2)14-5-3-4-12-10-17-7-6-13(12)14/h3-7,10,15-16H,8-9,11H2,1-2H3. The molecular formula is C15H20N2O2. The van der Waals surface area contributed by atoms with Crippen molar-refractivity contribution in [2.45, 2.75) is 6.04 Å². The molecule has 1 atom stereocenters. The minimum Gasteiger partial charge on any atom is -0.382 e. The molecule has 4 heteroatoms. The van der Waals surface area contributed by atoms with Crippen LogP contribution in [0.5, 0.6) is 0 Å². The van der Waals surface area contributed by atoms with E-state index in [4.69, 9.17) is 9.47 Å². The van der Waals surface area contributed by atoms with E-state index < -0.39 is 0 Å². The molecule has 102 valence electrons. The van der Waals surface area contributed by atoms with Crippen molar-refractivity contribution in [3.63, 3.8) is 0 Å². The molecule has 1 N–H and O–H groups in total. The Morgan fingerprint density at radius 2 is 2.16 bits per heavy atom. The Morgan fingerprint density at radius 3 is 2.95 bits per heavy atom. The Bertz CT molecular complexity index is 511. The molecule has 0 aliphatic heterocycles. The third-order valence-electron chi connectivity index (χ3n) is 3.15. The third-order valence-corrected chi connectivity index (χ3v) is 3.15. The molecule has 0 bridgehead atoms. The Labute approximate surface area is 113 Å². The summed E-state index contributed by atoms with van der Waals surface area (Å²) in [7, 11) is 3.63. The fourth-order valence-electron chi connectivity index (χ4n) is 2.12. The zero-order valence-corrected chi connectivity index (χ0v) is 11.4. The highest BCUT2D eigenvalue weighted by Gasteiger charge is 2.12. The summed E-state index contributed by atoms with van der Waals surface area (Å²) in [6.45, 7) is 1.86. The molecule has 1 aromatic carbocycles. The van der Waals surface area contributed by atoms with Crippen LogP contribution in [-0.2, 0) is 9.47 Å². The molecule has 0 saturated heterocycles. The lowest BCUT2D eigenvalue weighted by molar-refractivity contribution is 0.0598. The monoisotopic (exact) mass is 260 g/mol. The summed E-state index contributed by atoms with van der Waals surface area (Å²) in [5.41, 5.74) is 1.24. The molecule has 1 aromatic heterocycles. The highest BCUT2D eigenvalue weighted by atomic mass is 16.5. The quantitative estimate of drug-likeness (QED) is 0.775. The first kappa shape index (κ1) is 13.9. The molecule has 0 spiro atoms. The molecule has 1 heterocycles. The van der Waals surface area contributed by atoms with E-state index in [2.05, 4.69) is 28.5 Å². The summed E-state index contributed by atoms with van der Waals surface area (Å²) in [5, 5.41) is 5.67. The van der Waals surface area contributed by atoms with Crippen LogP contribution in [0, 0.1) is 0 Å². The van der Waals surface area contributed by atoms with Crippen LogP contribution in [0.1, 0.15) is 11.6 Å². The fourth-order valence-corrected chi connectivity index (χ4v) is 2.12. The minimum atomic E-state index is 0.169. The third kappa shape index (κ3) is 3.50. The van der Waals surface area contributed by atoms with Crippen LogP contribution < -0.4 is 5.32 Å². The van der Waals surface area contributed by atoms with Crippen LogP contribution in [0.4, 0.5) is 0 Å². The van der Waals surface area contributed by atoms with E-state index in [1.54, 1.807) is 7.11 Å². The van der Waals surface area contributed by atoms with E-state index in [0.29, 0.717) is 19.8 Å². The summed E-state index contributed by atoms with van der Waals surface area (Å²) in [6.07, 6.45) is 3.71. The maximum Gasteiger partial charge on any atom is 0.0701 e. The lowest BCUT2D eigenvalue weighted by Gasteiger charge is -2.18. The predicted octanol–water partition coefficient (Wildman–Crippen LogP) is 2.16. The van der Waals surface area contributed by atoms with Crippen molar-refractivity contribution in [3.8, 4) is 0 Å². The second-order valence-electron chi connectivity index (χ2n) is 4.35. The van der Waals surface area contributed by atoms with Gasteiger partial charge in [0.2, 0.25) is 0 Å². The molecule has 2 aromatic rings. The van der Waals surface area contributed by atoms with Crippen molar-refractivity contribution in [1.29, 1.82) is 0 Å². The van der Waals surface area contributed by atoms with Gasteiger partial charge >= 0.3 is 0 Å². The molecule has 0 radical (unpaired) electrons. The van der Waals surface area contributed by atoms with Gasteiger partial charge < -0.3 is 14.8 Å². The number of aromatic nitrogens is 1. The van der Waals surface area contributed by atoms with E-state index in [1.807, 2.05) is 25.5 Å². The van der Waals surface area contributed by atoms with Crippen LogP contribution in [-0.4, -0.2) is 39.0 Å². The molecule has 0 amide bonds. The first-order valence-electron chi connectivity index (χ1n) is 6.43. The fraction of sp³-hybridized carbons (Fsp3) is 0.400. The van der Waals surface area contributed by atoms with Crippen molar-refractivity contribution >= 4 is 10.8 Å². The second kappa shape index (κ2) is 7.19. The topological polar surface area (TPSA) is 43.4 Å². The molecule has 0 aliphatic carbocycles. The van der Waals surface area contributed by atoms with Crippen molar-refractivity contribution in [1.82, 2.24) is 10.3 Å². The number of pyridine rings is 1. The van der Waals surface area contributed by atoms with Gasteiger partial charge in [0.1, 0.15) is 0 Å². The molecule has 1 unspecified atom stereocenters. The number of nitrogens with one attached hydrogen (secondary N) is 1. The Kier molecular flexibility index (Phi) is 5.27. The number of rotatable bonds is 7. The highest BCUT2D eigenvalue weighted by molar-refractivity contribution is 5.85. The van der Waals surface area contributed by atoms with Crippen molar-refractivity contribution in [3.05, 3.63) is 42.2 Å². The molecule has 0 aliphatic rings. The maximum atomic E-state index is 5.63. The summed E-state index contributed by atoms with van der Waals surface area (Å²) in [4.78, 5) is 4.16. The van der Waals surface area contributed by atoms with E-state index in [0.717, 1.165) is 5.39 Å². The average Bonchev–Trinajstić information content (AvgIpc) is 2.47. The van der Waals surface area contributed by atoms with Crippen LogP contribution in [0.2, 0.25) is 0 Å².